The average Bonchev–Trinajstić information content (AvgIpc) is 2.84. The van der Waals surface area contributed by atoms with Crippen LogP contribution in [0.1, 0.15) is 5.82 Å². The SMILES string of the molecule is Cc1ncc(-c2ccc3ncoc3c2)[nH]1. The number of aryl methyl sites for hydroxylation is 1. The number of nitrogens with zero attached hydrogens (tertiary/aromatic N) is 2. The lowest BCUT2D eigenvalue weighted by molar-refractivity contribution is 0.602. The first kappa shape index (κ1) is 8.23. The maximum atomic E-state index is 5.24. The molecule has 0 aliphatic carbocycles. The third-order valence-electron chi connectivity index (χ3n) is 2.35. The highest BCUT2D eigenvalue weighted by Gasteiger charge is 2.04. The predicted molar refractivity (Wildman–Crippen MR) is 56.3 cm³/mol. The second-order valence-corrected chi connectivity index (χ2v) is 3.42. The van der Waals surface area contributed by atoms with Crippen molar-refractivity contribution in [3.8, 4) is 11.3 Å². The van der Waals surface area contributed by atoms with Gasteiger partial charge in [0.05, 0.1) is 11.9 Å². The fourth-order valence-electron chi connectivity index (χ4n) is 1.59. The molecule has 0 saturated heterocycles. The molecule has 4 nitrogen and oxygen atoms in total. The highest BCUT2D eigenvalue weighted by molar-refractivity contribution is 5.78. The molecule has 0 aliphatic rings. The highest BCUT2D eigenvalue weighted by Crippen LogP contribution is 2.22. The molecule has 74 valence electrons. The molecular formula is C11H9N3O. The van der Waals surface area contributed by atoms with Gasteiger partial charge in [-0.25, -0.2) is 9.97 Å². The molecule has 0 fully saturated rings. The standard InChI is InChI=1S/C11H9N3O/c1-7-12-5-10(14-7)8-2-3-9-11(4-8)15-6-13-9/h2-6H,1H3,(H,12,14). The molecule has 0 spiro atoms. The van der Waals surface area contributed by atoms with Crippen LogP contribution in [-0.2, 0) is 0 Å². The van der Waals surface area contributed by atoms with Gasteiger partial charge in [-0.1, -0.05) is 6.07 Å². The molecule has 0 amide bonds. The van der Waals surface area contributed by atoms with Crippen LogP contribution in [0.25, 0.3) is 22.4 Å². The minimum atomic E-state index is 0.791. The monoisotopic (exact) mass is 199 g/mol. The molecule has 1 N–H and O–H groups in total. The Kier molecular flexibility index (Phi) is 1.62. The first-order valence-electron chi connectivity index (χ1n) is 4.68. The summed E-state index contributed by atoms with van der Waals surface area (Å²) < 4.78 is 5.24. The van der Waals surface area contributed by atoms with Crippen LogP contribution in [0.2, 0.25) is 0 Å². The van der Waals surface area contributed by atoms with Crippen LogP contribution in [0.5, 0.6) is 0 Å². The lowest BCUT2D eigenvalue weighted by Crippen LogP contribution is -1.78. The fourth-order valence-corrected chi connectivity index (χ4v) is 1.59. The number of nitrogens with one attached hydrogen (secondary N) is 1. The zero-order chi connectivity index (χ0) is 10.3. The number of aromatic nitrogens is 3. The molecule has 15 heavy (non-hydrogen) atoms. The van der Waals surface area contributed by atoms with Gasteiger partial charge < -0.3 is 9.40 Å². The van der Waals surface area contributed by atoms with Crippen LogP contribution in [-0.4, -0.2) is 15.0 Å². The summed E-state index contributed by atoms with van der Waals surface area (Å²) in [4.78, 5) is 11.4. The van der Waals surface area contributed by atoms with E-state index >= 15 is 0 Å². The third-order valence-corrected chi connectivity index (χ3v) is 2.35. The summed E-state index contributed by atoms with van der Waals surface area (Å²) in [5.74, 6) is 0.905. The van der Waals surface area contributed by atoms with E-state index in [9.17, 15) is 0 Å². The summed E-state index contributed by atoms with van der Waals surface area (Å²) in [6.45, 7) is 1.93. The van der Waals surface area contributed by atoms with Gasteiger partial charge in [-0.3, -0.25) is 0 Å². The van der Waals surface area contributed by atoms with Crippen molar-refractivity contribution >= 4 is 11.1 Å². The van der Waals surface area contributed by atoms with Crippen molar-refractivity contribution in [3.63, 3.8) is 0 Å². The number of benzene rings is 1. The largest absolute Gasteiger partial charge is 0.443 e. The van der Waals surface area contributed by atoms with Crippen LogP contribution in [0.15, 0.2) is 35.2 Å². The topological polar surface area (TPSA) is 54.7 Å². The maximum Gasteiger partial charge on any atom is 0.181 e. The Labute approximate surface area is 86.0 Å². The number of oxazole rings is 1. The van der Waals surface area contributed by atoms with E-state index in [1.54, 1.807) is 0 Å². The van der Waals surface area contributed by atoms with Gasteiger partial charge in [-0.05, 0) is 19.1 Å². The van der Waals surface area contributed by atoms with Crippen molar-refractivity contribution in [1.82, 2.24) is 15.0 Å². The molecule has 0 saturated carbocycles. The molecule has 0 atom stereocenters. The number of fused-ring (bicyclic) bond motifs is 1. The zero-order valence-electron chi connectivity index (χ0n) is 8.19. The van der Waals surface area contributed by atoms with E-state index < -0.39 is 0 Å². The summed E-state index contributed by atoms with van der Waals surface area (Å²) >= 11 is 0. The Morgan fingerprint density at radius 3 is 3.00 bits per heavy atom. The first-order valence-corrected chi connectivity index (χ1v) is 4.68. The lowest BCUT2D eigenvalue weighted by Gasteiger charge is -1.95. The van der Waals surface area contributed by atoms with E-state index in [4.69, 9.17) is 4.42 Å². The van der Waals surface area contributed by atoms with E-state index in [2.05, 4.69) is 15.0 Å². The fraction of sp³-hybridized carbons (Fsp3) is 0.0909. The minimum absolute atomic E-state index is 0.791. The Hall–Kier alpha value is -2.10. The molecule has 3 rings (SSSR count). The molecule has 2 aromatic heterocycles. The van der Waals surface area contributed by atoms with Crippen molar-refractivity contribution in [1.29, 1.82) is 0 Å². The van der Waals surface area contributed by atoms with Crippen LogP contribution < -0.4 is 0 Å². The van der Waals surface area contributed by atoms with E-state index in [-0.39, 0.29) is 0 Å². The van der Waals surface area contributed by atoms with E-state index in [0.717, 1.165) is 28.2 Å². The number of hydrogen-bond acceptors (Lipinski definition) is 3. The van der Waals surface area contributed by atoms with E-state index in [0.29, 0.717) is 0 Å². The summed E-state index contributed by atoms with van der Waals surface area (Å²) in [5.41, 5.74) is 3.71. The van der Waals surface area contributed by atoms with Gasteiger partial charge >= 0.3 is 0 Å². The molecule has 0 radical (unpaired) electrons. The molecule has 3 aromatic rings. The van der Waals surface area contributed by atoms with Gasteiger partial charge in [-0.2, -0.15) is 0 Å². The second kappa shape index (κ2) is 2.95. The van der Waals surface area contributed by atoms with Gasteiger partial charge in [0.25, 0.3) is 0 Å². The van der Waals surface area contributed by atoms with Gasteiger partial charge in [0.15, 0.2) is 12.0 Å². The van der Waals surface area contributed by atoms with Gasteiger partial charge in [-0.15, -0.1) is 0 Å². The van der Waals surface area contributed by atoms with Gasteiger partial charge in [0.1, 0.15) is 11.3 Å². The molecule has 0 aliphatic heterocycles. The van der Waals surface area contributed by atoms with Gasteiger partial charge in [0.2, 0.25) is 0 Å². The smallest absolute Gasteiger partial charge is 0.181 e. The van der Waals surface area contributed by atoms with Crippen LogP contribution in [0.3, 0.4) is 0 Å². The molecule has 4 heteroatoms. The Bertz CT molecular complexity index is 609. The second-order valence-electron chi connectivity index (χ2n) is 3.42. The summed E-state index contributed by atoms with van der Waals surface area (Å²) in [6, 6.07) is 5.89. The minimum Gasteiger partial charge on any atom is -0.443 e. The average molecular weight is 199 g/mol. The molecule has 0 unspecified atom stereocenters. The van der Waals surface area contributed by atoms with Crippen molar-refractivity contribution < 1.29 is 4.42 Å². The Balaban J connectivity index is 2.18. The third kappa shape index (κ3) is 1.30. The van der Waals surface area contributed by atoms with Crippen molar-refractivity contribution in [2.75, 3.05) is 0 Å². The molecule has 2 heterocycles. The summed E-state index contributed by atoms with van der Waals surface area (Å²) in [6.07, 6.45) is 3.26. The van der Waals surface area contributed by atoms with E-state index in [1.165, 1.54) is 6.39 Å². The summed E-state index contributed by atoms with van der Waals surface area (Å²) in [7, 11) is 0. The predicted octanol–water partition coefficient (Wildman–Crippen LogP) is 2.53. The van der Waals surface area contributed by atoms with Crippen LogP contribution >= 0.6 is 0 Å². The molecular weight excluding hydrogens is 190 g/mol. The number of hydrogen-bond donors (Lipinski definition) is 1. The van der Waals surface area contributed by atoms with E-state index in [1.807, 2.05) is 31.3 Å². The number of imidazole rings is 1. The molecule has 1 aromatic carbocycles. The Morgan fingerprint density at radius 2 is 2.20 bits per heavy atom. The van der Waals surface area contributed by atoms with Crippen molar-refractivity contribution in [2.24, 2.45) is 0 Å². The summed E-state index contributed by atoms with van der Waals surface area (Å²) in [5, 5.41) is 0. The van der Waals surface area contributed by atoms with Crippen LogP contribution in [0, 0.1) is 6.92 Å². The first-order chi connectivity index (χ1) is 7.33. The number of rotatable bonds is 1. The maximum absolute atomic E-state index is 5.24. The zero-order valence-corrected chi connectivity index (χ0v) is 8.19. The number of aromatic amines is 1. The number of H-pyrrole nitrogens is 1. The van der Waals surface area contributed by atoms with Gasteiger partial charge in [0, 0.05) is 5.56 Å². The molecule has 0 bridgehead atoms. The van der Waals surface area contributed by atoms with Crippen molar-refractivity contribution in [3.05, 3.63) is 36.6 Å². The Morgan fingerprint density at radius 1 is 1.27 bits per heavy atom. The quantitative estimate of drug-likeness (QED) is 0.655. The van der Waals surface area contributed by atoms with Crippen LogP contribution in [0.4, 0.5) is 0 Å². The normalized spacial score (nSPS) is 11.0. The lowest BCUT2D eigenvalue weighted by atomic mass is 10.1. The highest BCUT2D eigenvalue weighted by atomic mass is 16.3. The van der Waals surface area contributed by atoms with Crippen molar-refractivity contribution in [2.45, 2.75) is 6.92 Å².